The van der Waals surface area contributed by atoms with Crippen molar-refractivity contribution < 1.29 is 24.1 Å². The molecule has 0 aliphatic rings. The summed E-state index contributed by atoms with van der Waals surface area (Å²) in [5, 5.41) is 18.1. The second-order valence-electron chi connectivity index (χ2n) is 7.90. The van der Waals surface area contributed by atoms with Crippen LogP contribution in [-0.4, -0.2) is 54.2 Å². The van der Waals surface area contributed by atoms with Gasteiger partial charge in [0.15, 0.2) is 34.5 Å². The van der Waals surface area contributed by atoms with Crippen molar-refractivity contribution in [1.29, 1.82) is 0 Å². The van der Waals surface area contributed by atoms with Crippen LogP contribution in [0.5, 0.6) is 23.0 Å². The van der Waals surface area contributed by atoms with Gasteiger partial charge in [-0.2, -0.15) is 0 Å². The molecule has 2 aromatic carbocycles. The number of imidazole rings is 1. The van der Waals surface area contributed by atoms with E-state index in [0.29, 0.717) is 41.8 Å². The van der Waals surface area contributed by atoms with Gasteiger partial charge >= 0.3 is 0 Å². The smallest absolute Gasteiger partial charge is 0.162 e. The Hall–Kier alpha value is -4.02. The van der Waals surface area contributed by atoms with Gasteiger partial charge in [0, 0.05) is 35.5 Å². The van der Waals surface area contributed by atoms with E-state index in [4.69, 9.17) is 29.2 Å². The van der Waals surface area contributed by atoms with Crippen molar-refractivity contribution in [1.82, 2.24) is 14.6 Å². The van der Waals surface area contributed by atoms with E-state index in [9.17, 15) is 0 Å². The summed E-state index contributed by atoms with van der Waals surface area (Å²) >= 11 is 1.64. The van der Waals surface area contributed by atoms with Crippen LogP contribution in [0.3, 0.4) is 0 Å². The van der Waals surface area contributed by atoms with Crippen LogP contribution in [0.4, 0.5) is 11.5 Å². The summed E-state index contributed by atoms with van der Waals surface area (Å²) in [5.74, 6) is 3.26. The Morgan fingerprint density at radius 3 is 2.47 bits per heavy atom. The van der Waals surface area contributed by atoms with Gasteiger partial charge in [-0.25, -0.2) is 9.50 Å². The molecule has 3 heterocycles. The van der Waals surface area contributed by atoms with E-state index in [0.717, 1.165) is 32.0 Å². The standard InChI is InChI=1S/C26H26N4O5S/c1-32-20-11-16-12-24(36-23(16)14-22(20)34-3)18-15-27-26-8-7-25(29-30(18)26)28-17-5-6-19(21(13-17)33-2)35-10-4-9-31/h5-8,11-15,31H,4,9-10H2,1-3H3,(H,28,29). The largest absolute Gasteiger partial charge is 0.493 e. The van der Waals surface area contributed by atoms with E-state index in [1.807, 2.05) is 53.2 Å². The van der Waals surface area contributed by atoms with Gasteiger partial charge < -0.3 is 29.4 Å². The minimum atomic E-state index is 0.0796. The van der Waals surface area contributed by atoms with Crippen LogP contribution in [0.1, 0.15) is 6.42 Å². The average molecular weight is 507 g/mol. The summed E-state index contributed by atoms with van der Waals surface area (Å²) in [6, 6.07) is 15.4. The van der Waals surface area contributed by atoms with Crippen molar-refractivity contribution >= 4 is 38.6 Å². The molecule has 0 spiro atoms. The molecule has 0 aliphatic carbocycles. The van der Waals surface area contributed by atoms with Crippen LogP contribution in [0.25, 0.3) is 26.3 Å². The van der Waals surface area contributed by atoms with E-state index in [2.05, 4.69) is 16.4 Å². The molecule has 0 saturated heterocycles. The van der Waals surface area contributed by atoms with E-state index in [1.54, 1.807) is 32.7 Å². The third-order valence-electron chi connectivity index (χ3n) is 5.63. The Morgan fingerprint density at radius 2 is 1.69 bits per heavy atom. The molecule has 3 aromatic heterocycles. The van der Waals surface area contributed by atoms with Gasteiger partial charge in [-0.05, 0) is 41.8 Å². The van der Waals surface area contributed by atoms with E-state index in [1.165, 1.54) is 0 Å². The molecule has 0 fully saturated rings. The first-order chi connectivity index (χ1) is 17.6. The highest BCUT2D eigenvalue weighted by atomic mass is 32.1. The van der Waals surface area contributed by atoms with E-state index >= 15 is 0 Å². The number of ether oxygens (including phenoxy) is 4. The zero-order valence-electron chi connectivity index (χ0n) is 20.1. The first-order valence-electron chi connectivity index (χ1n) is 11.3. The molecule has 10 heteroatoms. The molecule has 0 aliphatic heterocycles. The van der Waals surface area contributed by atoms with Gasteiger partial charge in [-0.3, -0.25) is 0 Å². The predicted octanol–water partition coefficient (Wildman–Crippen LogP) is 5.14. The molecule has 0 bridgehead atoms. The van der Waals surface area contributed by atoms with Gasteiger partial charge in [0.1, 0.15) is 5.69 Å². The molecular weight excluding hydrogens is 480 g/mol. The molecular formula is C26H26N4O5S. The van der Waals surface area contributed by atoms with Crippen LogP contribution >= 0.6 is 11.3 Å². The lowest BCUT2D eigenvalue weighted by molar-refractivity contribution is 0.228. The fourth-order valence-electron chi connectivity index (χ4n) is 3.86. The zero-order valence-corrected chi connectivity index (χ0v) is 21.0. The van der Waals surface area contributed by atoms with Crippen LogP contribution in [0.15, 0.2) is 54.7 Å². The number of anilines is 2. The number of benzene rings is 2. The molecule has 36 heavy (non-hydrogen) atoms. The number of aromatic nitrogens is 3. The number of methoxy groups -OCH3 is 3. The topological polar surface area (TPSA) is 99.4 Å². The van der Waals surface area contributed by atoms with Crippen molar-refractivity contribution in [2.45, 2.75) is 6.42 Å². The maximum atomic E-state index is 8.97. The number of nitrogens with one attached hydrogen (secondary N) is 1. The fraction of sp³-hybridized carbons (Fsp3) is 0.231. The van der Waals surface area contributed by atoms with Gasteiger partial charge in [-0.15, -0.1) is 16.4 Å². The lowest BCUT2D eigenvalue weighted by Crippen LogP contribution is -2.03. The van der Waals surface area contributed by atoms with E-state index < -0.39 is 0 Å². The lowest BCUT2D eigenvalue weighted by atomic mass is 10.2. The number of rotatable bonds is 10. The maximum absolute atomic E-state index is 8.97. The summed E-state index contributed by atoms with van der Waals surface area (Å²) in [7, 11) is 4.86. The van der Waals surface area contributed by atoms with Crippen LogP contribution < -0.4 is 24.3 Å². The summed E-state index contributed by atoms with van der Waals surface area (Å²) < 4.78 is 25.0. The van der Waals surface area contributed by atoms with Gasteiger partial charge in [0.05, 0.1) is 39.0 Å². The van der Waals surface area contributed by atoms with Gasteiger partial charge in [0.2, 0.25) is 0 Å². The Morgan fingerprint density at radius 1 is 0.917 bits per heavy atom. The third-order valence-corrected chi connectivity index (χ3v) is 6.75. The highest BCUT2D eigenvalue weighted by Gasteiger charge is 2.15. The molecule has 9 nitrogen and oxygen atoms in total. The Kier molecular flexibility index (Phi) is 6.79. The SMILES string of the molecule is COc1cc2cc(-c3cnc4ccc(Nc5ccc(OCCCO)c(OC)c5)nn34)sc2cc1OC. The molecule has 5 aromatic rings. The minimum absolute atomic E-state index is 0.0796. The van der Waals surface area contributed by atoms with E-state index in [-0.39, 0.29) is 6.61 Å². The maximum Gasteiger partial charge on any atom is 0.162 e. The van der Waals surface area contributed by atoms with Crippen molar-refractivity contribution in [2.75, 3.05) is 39.9 Å². The predicted molar refractivity (Wildman–Crippen MR) is 140 cm³/mol. The van der Waals surface area contributed by atoms with Gasteiger partial charge in [-0.1, -0.05) is 0 Å². The van der Waals surface area contributed by atoms with Crippen LogP contribution in [0, 0.1) is 0 Å². The van der Waals surface area contributed by atoms with Crippen molar-refractivity contribution in [3.63, 3.8) is 0 Å². The van der Waals surface area contributed by atoms with Crippen molar-refractivity contribution in [3.05, 3.63) is 54.7 Å². The summed E-state index contributed by atoms with van der Waals surface area (Å²) in [4.78, 5) is 5.56. The third kappa shape index (κ3) is 4.60. The second-order valence-corrected chi connectivity index (χ2v) is 8.99. The van der Waals surface area contributed by atoms with Crippen molar-refractivity contribution in [2.24, 2.45) is 0 Å². The van der Waals surface area contributed by atoms with Crippen LogP contribution in [0.2, 0.25) is 0 Å². The quantitative estimate of drug-likeness (QED) is 0.251. The Bertz CT molecular complexity index is 1470. The molecule has 0 unspecified atom stereocenters. The molecule has 186 valence electrons. The number of nitrogens with zero attached hydrogens (tertiary/aromatic N) is 3. The first kappa shape index (κ1) is 23.7. The summed E-state index contributed by atoms with van der Waals surface area (Å²) in [6.07, 6.45) is 2.38. The normalized spacial score (nSPS) is 11.1. The monoisotopic (exact) mass is 506 g/mol. The zero-order chi connectivity index (χ0) is 25.1. The number of hydrogen-bond donors (Lipinski definition) is 2. The molecule has 2 N–H and O–H groups in total. The molecule has 0 radical (unpaired) electrons. The average Bonchev–Trinajstić information content (AvgIpc) is 3.51. The minimum Gasteiger partial charge on any atom is -0.493 e. The number of fused-ring (bicyclic) bond motifs is 2. The summed E-state index contributed by atoms with van der Waals surface area (Å²) in [5.41, 5.74) is 2.43. The molecule has 0 atom stereocenters. The highest BCUT2D eigenvalue weighted by Crippen LogP contribution is 2.40. The van der Waals surface area contributed by atoms with Crippen molar-refractivity contribution in [3.8, 4) is 33.6 Å². The molecule has 0 amide bonds. The number of aliphatic hydroxyl groups excluding tert-OH is 1. The van der Waals surface area contributed by atoms with Gasteiger partial charge in [0.25, 0.3) is 0 Å². The molecule has 5 rings (SSSR count). The number of aliphatic hydroxyl groups is 1. The summed E-state index contributed by atoms with van der Waals surface area (Å²) in [6.45, 7) is 0.495. The van der Waals surface area contributed by atoms with Crippen LogP contribution in [-0.2, 0) is 0 Å². The first-order valence-corrected chi connectivity index (χ1v) is 12.1. The second kappa shape index (κ2) is 10.3. The Labute approximate surface area is 211 Å². The highest BCUT2D eigenvalue weighted by molar-refractivity contribution is 7.22. The Balaban J connectivity index is 1.45. The number of thiophene rings is 1. The number of hydrogen-bond acceptors (Lipinski definition) is 9. The molecule has 0 saturated carbocycles. The lowest BCUT2D eigenvalue weighted by Gasteiger charge is -2.13. The fourth-order valence-corrected chi connectivity index (χ4v) is 4.93.